The fourth-order valence-electron chi connectivity index (χ4n) is 3.59. The number of hydrogen-bond donors (Lipinski definition) is 2. The molecule has 0 spiro atoms. The van der Waals surface area contributed by atoms with E-state index in [0.717, 1.165) is 44.1 Å². The Morgan fingerprint density at radius 1 is 1.21 bits per heavy atom. The number of nitrogens with one attached hydrogen (secondary N) is 2. The summed E-state index contributed by atoms with van der Waals surface area (Å²) in [6, 6.07) is 6.89. The van der Waals surface area contributed by atoms with Crippen molar-refractivity contribution in [2.75, 3.05) is 26.0 Å². The number of guanidine groups is 1. The first-order valence-electron chi connectivity index (χ1n) is 10.0. The first kappa shape index (κ1) is 22.7. The molecule has 7 heteroatoms. The van der Waals surface area contributed by atoms with Crippen LogP contribution in [-0.2, 0) is 21.1 Å². The Morgan fingerprint density at radius 3 is 2.46 bits per heavy atom. The zero-order chi connectivity index (χ0) is 20.8. The number of benzene rings is 1. The highest BCUT2D eigenvalue weighted by Crippen LogP contribution is 2.33. The van der Waals surface area contributed by atoms with Gasteiger partial charge in [0.05, 0.1) is 17.5 Å². The molecule has 2 unspecified atom stereocenters. The normalized spacial score (nSPS) is 21.4. The summed E-state index contributed by atoms with van der Waals surface area (Å²) >= 11 is 0. The monoisotopic (exact) mass is 409 g/mol. The highest BCUT2D eigenvalue weighted by atomic mass is 32.2. The van der Waals surface area contributed by atoms with Gasteiger partial charge < -0.3 is 15.4 Å². The summed E-state index contributed by atoms with van der Waals surface area (Å²) in [6.45, 7) is 11.7. The van der Waals surface area contributed by atoms with Crippen LogP contribution in [0.4, 0.5) is 0 Å². The van der Waals surface area contributed by atoms with Crippen molar-refractivity contribution in [2.24, 2.45) is 16.3 Å². The molecule has 2 N–H and O–H groups in total. The van der Waals surface area contributed by atoms with Crippen LogP contribution in [0.3, 0.4) is 0 Å². The molecule has 28 heavy (non-hydrogen) atoms. The lowest BCUT2D eigenvalue weighted by Gasteiger charge is -2.40. The van der Waals surface area contributed by atoms with Crippen molar-refractivity contribution in [2.45, 2.75) is 58.1 Å². The Morgan fingerprint density at radius 2 is 1.89 bits per heavy atom. The van der Waals surface area contributed by atoms with E-state index < -0.39 is 9.84 Å². The van der Waals surface area contributed by atoms with Gasteiger partial charge in [-0.3, -0.25) is 0 Å². The van der Waals surface area contributed by atoms with E-state index >= 15 is 0 Å². The maximum atomic E-state index is 11.6. The number of sulfone groups is 1. The molecular formula is C21H35N3O3S. The molecule has 6 nitrogen and oxygen atoms in total. The number of hydrogen-bond acceptors (Lipinski definition) is 4. The molecule has 1 fully saturated rings. The van der Waals surface area contributed by atoms with Gasteiger partial charge in [0.1, 0.15) is 0 Å². The van der Waals surface area contributed by atoms with E-state index in [4.69, 9.17) is 4.74 Å². The van der Waals surface area contributed by atoms with Gasteiger partial charge in [0.2, 0.25) is 0 Å². The van der Waals surface area contributed by atoms with Crippen molar-refractivity contribution in [1.82, 2.24) is 10.6 Å². The maximum Gasteiger partial charge on any atom is 0.191 e. The number of aliphatic imine (C=N–C) groups is 1. The predicted molar refractivity (Wildman–Crippen MR) is 114 cm³/mol. The lowest BCUT2D eigenvalue weighted by Crippen LogP contribution is -2.47. The average Bonchev–Trinajstić information content (AvgIpc) is 2.63. The van der Waals surface area contributed by atoms with Crippen LogP contribution in [0, 0.1) is 11.3 Å². The Labute approximate surface area is 170 Å². The zero-order valence-electron chi connectivity index (χ0n) is 17.8. The van der Waals surface area contributed by atoms with Crippen molar-refractivity contribution in [3.8, 4) is 0 Å². The highest BCUT2D eigenvalue weighted by Gasteiger charge is 2.35. The number of nitrogens with zero attached hydrogens (tertiary/aromatic N) is 1. The van der Waals surface area contributed by atoms with Gasteiger partial charge in [-0.2, -0.15) is 0 Å². The largest absolute Gasteiger partial charge is 0.377 e. The van der Waals surface area contributed by atoms with Crippen LogP contribution in [0.15, 0.2) is 34.2 Å². The fraction of sp³-hybridized carbons (Fsp3) is 0.667. The molecule has 158 valence electrons. The second kappa shape index (κ2) is 9.74. The first-order chi connectivity index (χ1) is 13.1. The van der Waals surface area contributed by atoms with Gasteiger partial charge in [0, 0.05) is 31.9 Å². The standard InChI is InChI=1S/C21H35N3O3S/c1-6-22-20(23-14-16-9-11-18(12-10-16)28(5,25)26)24-15-17-8-7-13-27-19(17)21(2,3)4/h9-12,17,19H,6-8,13-15H2,1-5H3,(H2,22,23,24). The van der Waals surface area contributed by atoms with Crippen LogP contribution in [0.1, 0.15) is 46.1 Å². The fourth-order valence-corrected chi connectivity index (χ4v) is 4.22. The molecule has 1 aliphatic heterocycles. The van der Waals surface area contributed by atoms with E-state index in [9.17, 15) is 8.42 Å². The zero-order valence-corrected chi connectivity index (χ0v) is 18.6. The van der Waals surface area contributed by atoms with E-state index in [-0.39, 0.29) is 11.5 Å². The molecule has 1 heterocycles. The third-order valence-electron chi connectivity index (χ3n) is 4.95. The summed E-state index contributed by atoms with van der Waals surface area (Å²) in [7, 11) is -3.17. The average molecular weight is 410 g/mol. The van der Waals surface area contributed by atoms with Gasteiger partial charge in [0.25, 0.3) is 0 Å². The van der Waals surface area contributed by atoms with Gasteiger partial charge in [-0.15, -0.1) is 0 Å². The van der Waals surface area contributed by atoms with Crippen LogP contribution >= 0.6 is 0 Å². The summed E-state index contributed by atoms with van der Waals surface area (Å²) in [5.74, 6) is 1.22. The van der Waals surface area contributed by atoms with E-state index in [2.05, 4.69) is 36.4 Å². The SMILES string of the molecule is CCNC(=NCc1ccc(S(C)(=O)=O)cc1)NCC1CCCOC1C(C)(C)C. The predicted octanol–water partition coefficient (Wildman–Crippen LogP) is 2.99. The summed E-state index contributed by atoms with van der Waals surface area (Å²) in [5, 5.41) is 6.75. The summed E-state index contributed by atoms with van der Waals surface area (Å²) in [6.07, 6.45) is 3.70. The van der Waals surface area contributed by atoms with Gasteiger partial charge in [-0.05, 0) is 42.9 Å². The molecule has 1 aromatic carbocycles. The molecule has 1 aromatic rings. The van der Waals surface area contributed by atoms with Crippen LogP contribution in [0.25, 0.3) is 0 Å². The van der Waals surface area contributed by atoms with Crippen LogP contribution in [0.2, 0.25) is 0 Å². The number of ether oxygens (including phenoxy) is 1. The van der Waals surface area contributed by atoms with E-state index in [0.29, 0.717) is 17.4 Å². The topological polar surface area (TPSA) is 79.8 Å². The lowest BCUT2D eigenvalue weighted by molar-refractivity contribution is -0.0835. The molecule has 1 saturated heterocycles. The molecule has 0 saturated carbocycles. The van der Waals surface area contributed by atoms with Crippen LogP contribution in [0.5, 0.6) is 0 Å². The second-order valence-corrected chi connectivity index (χ2v) is 10.6. The summed E-state index contributed by atoms with van der Waals surface area (Å²) in [4.78, 5) is 4.98. The summed E-state index contributed by atoms with van der Waals surface area (Å²) in [5.41, 5.74) is 1.09. The Hall–Kier alpha value is -1.60. The Bertz CT molecular complexity index is 752. The van der Waals surface area contributed by atoms with Crippen molar-refractivity contribution in [3.05, 3.63) is 29.8 Å². The minimum absolute atomic E-state index is 0.115. The van der Waals surface area contributed by atoms with E-state index in [1.54, 1.807) is 12.1 Å². The molecular weight excluding hydrogens is 374 g/mol. The van der Waals surface area contributed by atoms with Gasteiger partial charge in [-0.1, -0.05) is 32.9 Å². The molecule has 0 amide bonds. The number of rotatable bonds is 6. The van der Waals surface area contributed by atoms with Crippen molar-refractivity contribution in [3.63, 3.8) is 0 Å². The second-order valence-electron chi connectivity index (χ2n) is 8.55. The van der Waals surface area contributed by atoms with Crippen molar-refractivity contribution >= 4 is 15.8 Å². The molecule has 0 aromatic heterocycles. The van der Waals surface area contributed by atoms with Gasteiger partial charge in [-0.25, -0.2) is 13.4 Å². The third-order valence-corrected chi connectivity index (χ3v) is 6.07. The van der Waals surface area contributed by atoms with Crippen molar-refractivity contribution < 1.29 is 13.2 Å². The third kappa shape index (κ3) is 6.78. The molecule has 0 aliphatic carbocycles. The van der Waals surface area contributed by atoms with Crippen LogP contribution in [-0.4, -0.2) is 46.4 Å². The first-order valence-corrected chi connectivity index (χ1v) is 11.9. The van der Waals surface area contributed by atoms with Crippen molar-refractivity contribution in [1.29, 1.82) is 0 Å². The minimum atomic E-state index is -3.17. The maximum absolute atomic E-state index is 11.6. The molecule has 0 radical (unpaired) electrons. The Balaban J connectivity index is 2.00. The quantitative estimate of drug-likeness (QED) is 0.558. The van der Waals surface area contributed by atoms with Gasteiger partial charge >= 0.3 is 0 Å². The smallest absolute Gasteiger partial charge is 0.191 e. The molecule has 2 rings (SSSR count). The molecule has 2 atom stereocenters. The highest BCUT2D eigenvalue weighted by molar-refractivity contribution is 7.90. The van der Waals surface area contributed by atoms with E-state index in [1.807, 2.05) is 19.1 Å². The van der Waals surface area contributed by atoms with E-state index in [1.165, 1.54) is 6.26 Å². The molecule has 0 bridgehead atoms. The molecule has 1 aliphatic rings. The van der Waals surface area contributed by atoms with Gasteiger partial charge in [0.15, 0.2) is 15.8 Å². The minimum Gasteiger partial charge on any atom is -0.377 e. The summed E-state index contributed by atoms with van der Waals surface area (Å²) < 4.78 is 29.2. The van der Waals surface area contributed by atoms with Crippen LogP contribution < -0.4 is 10.6 Å². The lowest BCUT2D eigenvalue weighted by atomic mass is 9.78. The Kier molecular flexibility index (Phi) is 7.89.